The van der Waals surface area contributed by atoms with E-state index in [0.717, 1.165) is 5.39 Å². The van der Waals surface area contributed by atoms with Crippen molar-refractivity contribution >= 4 is 16.9 Å². The van der Waals surface area contributed by atoms with Gasteiger partial charge >= 0.3 is 5.97 Å². The molecule has 1 aromatic carbocycles. The zero-order chi connectivity index (χ0) is 14.1. The van der Waals surface area contributed by atoms with Crippen molar-refractivity contribution in [1.29, 1.82) is 0 Å². The van der Waals surface area contributed by atoms with Crippen LogP contribution in [-0.4, -0.2) is 21.0 Å². The minimum atomic E-state index is -1.01. The van der Waals surface area contributed by atoms with Crippen LogP contribution in [0.5, 0.6) is 0 Å². The van der Waals surface area contributed by atoms with Crippen LogP contribution >= 0.6 is 0 Å². The molecule has 1 N–H and O–H groups in total. The summed E-state index contributed by atoms with van der Waals surface area (Å²) in [6, 6.07) is 9.04. The molecule has 3 rings (SSSR count). The number of aromatic carboxylic acids is 1. The van der Waals surface area contributed by atoms with Gasteiger partial charge in [0, 0.05) is 29.4 Å². The number of pyridine rings is 2. The molecule has 3 aromatic rings. The van der Waals surface area contributed by atoms with Gasteiger partial charge in [-0.25, -0.2) is 9.18 Å². The smallest absolute Gasteiger partial charge is 0.335 e. The van der Waals surface area contributed by atoms with Gasteiger partial charge in [-0.3, -0.25) is 9.97 Å². The highest BCUT2D eigenvalue weighted by atomic mass is 19.1. The number of carboxylic acid groups (broad SMARTS) is 1. The first-order valence-corrected chi connectivity index (χ1v) is 5.88. The zero-order valence-corrected chi connectivity index (χ0v) is 10.2. The Morgan fingerprint density at radius 2 is 1.95 bits per heavy atom. The fourth-order valence-corrected chi connectivity index (χ4v) is 1.96. The van der Waals surface area contributed by atoms with Gasteiger partial charge in [-0.05, 0) is 30.3 Å². The van der Waals surface area contributed by atoms with Gasteiger partial charge in [0.25, 0.3) is 0 Å². The number of hydrogen-bond acceptors (Lipinski definition) is 3. The molecule has 0 atom stereocenters. The number of nitrogens with zero attached hydrogens (tertiary/aromatic N) is 2. The lowest BCUT2D eigenvalue weighted by Crippen LogP contribution is -1.97. The quantitative estimate of drug-likeness (QED) is 0.775. The van der Waals surface area contributed by atoms with Crippen molar-refractivity contribution in [2.45, 2.75) is 0 Å². The third kappa shape index (κ3) is 2.21. The van der Waals surface area contributed by atoms with Crippen molar-refractivity contribution < 1.29 is 14.3 Å². The van der Waals surface area contributed by atoms with E-state index in [4.69, 9.17) is 5.11 Å². The maximum atomic E-state index is 13.1. The number of aromatic nitrogens is 2. The number of carbonyl (C=O) groups is 1. The maximum absolute atomic E-state index is 13.1. The van der Waals surface area contributed by atoms with Crippen molar-refractivity contribution in [3.8, 4) is 11.3 Å². The van der Waals surface area contributed by atoms with Crippen LogP contribution in [0, 0.1) is 5.82 Å². The van der Waals surface area contributed by atoms with Crippen LogP contribution < -0.4 is 0 Å². The number of benzene rings is 1. The molecule has 0 saturated carbocycles. The zero-order valence-electron chi connectivity index (χ0n) is 10.2. The minimum absolute atomic E-state index is 0.161. The highest BCUT2D eigenvalue weighted by Crippen LogP contribution is 2.22. The highest BCUT2D eigenvalue weighted by Gasteiger charge is 2.07. The number of rotatable bonds is 2. The summed E-state index contributed by atoms with van der Waals surface area (Å²) in [4.78, 5) is 19.3. The average Bonchev–Trinajstić information content (AvgIpc) is 2.47. The molecule has 0 amide bonds. The van der Waals surface area contributed by atoms with Crippen molar-refractivity contribution in [1.82, 2.24) is 9.97 Å². The van der Waals surface area contributed by atoms with E-state index in [2.05, 4.69) is 9.97 Å². The maximum Gasteiger partial charge on any atom is 0.335 e. The van der Waals surface area contributed by atoms with Gasteiger partial charge in [0.15, 0.2) is 0 Å². The van der Waals surface area contributed by atoms with Crippen molar-refractivity contribution in [2.24, 2.45) is 0 Å². The van der Waals surface area contributed by atoms with Crippen molar-refractivity contribution in [2.75, 3.05) is 0 Å². The normalized spacial score (nSPS) is 10.7. The van der Waals surface area contributed by atoms with Crippen molar-refractivity contribution in [3.05, 3.63) is 60.2 Å². The van der Waals surface area contributed by atoms with E-state index in [0.29, 0.717) is 16.8 Å². The second-order valence-electron chi connectivity index (χ2n) is 4.30. The van der Waals surface area contributed by atoms with Crippen LogP contribution in [0.1, 0.15) is 10.4 Å². The predicted octanol–water partition coefficient (Wildman–Crippen LogP) is 3.13. The molecule has 0 saturated heterocycles. The summed E-state index contributed by atoms with van der Waals surface area (Å²) in [6.07, 6.45) is 2.99. The molecule has 0 aliphatic carbocycles. The molecule has 2 heterocycles. The Morgan fingerprint density at radius 3 is 2.75 bits per heavy atom. The molecular formula is C15H9FN2O2. The molecule has 0 aliphatic rings. The molecule has 5 heteroatoms. The van der Waals surface area contributed by atoms with Gasteiger partial charge in [-0.15, -0.1) is 0 Å². The van der Waals surface area contributed by atoms with Gasteiger partial charge < -0.3 is 5.11 Å². The lowest BCUT2D eigenvalue weighted by Gasteiger charge is -2.04. The SMILES string of the molecule is O=C(O)c1ccnc(-c2cnc3cc(F)ccc3c2)c1. The summed E-state index contributed by atoms with van der Waals surface area (Å²) in [6.45, 7) is 0. The fourth-order valence-electron chi connectivity index (χ4n) is 1.96. The summed E-state index contributed by atoms with van der Waals surface area (Å²) >= 11 is 0. The van der Waals surface area contributed by atoms with Crippen LogP contribution in [0.25, 0.3) is 22.2 Å². The summed E-state index contributed by atoms with van der Waals surface area (Å²) in [5, 5.41) is 9.74. The summed E-state index contributed by atoms with van der Waals surface area (Å²) in [5.74, 6) is -1.35. The fraction of sp³-hybridized carbons (Fsp3) is 0. The number of carboxylic acids is 1. The summed E-state index contributed by atoms with van der Waals surface area (Å²) < 4.78 is 13.1. The van der Waals surface area contributed by atoms with Crippen molar-refractivity contribution in [3.63, 3.8) is 0 Å². The Labute approximate surface area is 113 Å². The molecule has 0 unspecified atom stereocenters. The van der Waals surface area contributed by atoms with E-state index in [1.54, 1.807) is 18.3 Å². The van der Waals surface area contributed by atoms with Gasteiger partial charge in [0.2, 0.25) is 0 Å². The Bertz CT molecular complexity index is 818. The first kappa shape index (κ1) is 12.2. The first-order chi connectivity index (χ1) is 9.63. The largest absolute Gasteiger partial charge is 0.478 e. The van der Waals surface area contributed by atoms with Crippen LogP contribution in [0.3, 0.4) is 0 Å². The van der Waals surface area contributed by atoms with E-state index < -0.39 is 5.97 Å². The minimum Gasteiger partial charge on any atom is -0.478 e. The average molecular weight is 268 g/mol. The van der Waals surface area contributed by atoms with Gasteiger partial charge in [0.05, 0.1) is 16.8 Å². The number of fused-ring (bicyclic) bond motifs is 1. The predicted molar refractivity (Wildman–Crippen MR) is 71.9 cm³/mol. The lowest BCUT2D eigenvalue weighted by molar-refractivity contribution is 0.0697. The lowest BCUT2D eigenvalue weighted by atomic mass is 10.1. The number of halogens is 1. The van der Waals surface area contributed by atoms with Gasteiger partial charge in [0.1, 0.15) is 5.82 Å². The Morgan fingerprint density at radius 1 is 1.10 bits per heavy atom. The molecule has 98 valence electrons. The molecule has 0 spiro atoms. The van der Waals surface area contributed by atoms with E-state index >= 15 is 0 Å². The highest BCUT2D eigenvalue weighted by molar-refractivity contribution is 5.89. The van der Waals surface area contributed by atoms with Gasteiger partial charge in [-0.1, -0.05) is 0 Å². The second kappa shape index (κ2) is 4.70. The van der Waals surface area contributed by atoms with E-state index in [9.17, 15) is 9.18 Å². The first-order valence-electron chi connectivity index (χ1n) is 5.88. The molecule has 0 fully saturated rings. The molecule has 0 aliphatic heterocycles. The van der Waals surface area contributed by atoms with Crippen LogP contribution in [0.15, 0.2) is 48.8 Å². The Kier molecular flexibility index (Phi) is 2.87. The second-order valence-corrected chi connectivity index (χ2v) is 4.30. The molecule has 0 bridgehead atoms. The summed E-state index contributed by atoms with van der Waals surface area (Å²) in [7, 11) is 0. The number of hydrogen-bond donors (Lipinski definition) is 1. The monoisotopic (exact) mass is 268 g/mol. The molecule has 0 radical (unpaired) electrons. The third-order valence-electron chi connectivity index (χ3n) is 2.95. The Balaban J connectivity index is 2.12. The van der Waals surface area contributed by atoms with Crippen LogP contribution in [0.2, 0.25) is 0 Å². The Hall–Kier alpha value is -2.82. The third-order valence-corrected chi connectivity index (χ3v) is 2.95. The van der Waals surface area contributed by atoms with Gasteiger partial charge in [-0.2, -0.15) is 0 Å². The summed E-state index contributed by atoms with van der Waals surface area (Å²) in [5.41, 5.74) is 1.91. The van der Waals surface area contributed by atoms with E-state index in [1.165, 1.54) is 30.5 Å². The van der Waals surface area contributed by atoms with E-state index in [1.807, 2.05) is 0 Å². The van der Waals surface area contributed by atoms with E-state index in [-0.39, 0.29) is 11.4 Å². The molecule has 4 nitrogen and oxygen atoms in total. The van der Waals surface area contributed by atoms with Crippen LogP contribution in [-0.2, 0) is 0 Å². The molecule has 20 heavy (non-hydrogen) atoms. The standard InChI is InChI=1S/C15H9FN2O2/c16-12-2-1-9-5-11(8-18-14(9)7-12)13-6-10(15(19)20)3-4-17-13/h1-8H,(H,19,20). The topological polar surface area (TPSA) is 63.1 Å². The molecule has 2 aromatic heterocycles. The molecular weight excluding hydrogens is 259 g/mol. The van der Waals surface area contributed by atoms with Crippen LogP contribution in [0.4, 0.5) is 4.39 Å².